The molecule has 0 saturated heterocycles. The number of hydrogen-bond acceptors (Lipinski definition) is 6. The van der Waals surface area contributed by atoms with E-state index in [9.17, 15) is 0 Å². The van der Waals surface area contributed by atoms with Crippen molar-refractivity contribution in [2.24, 2.45) is 0 Å². The van der Waals surface area contributed by atoms with E-state index in [1.54, 1.807) is 11.8 Å². The lowest BCUT2D eigenvalue weighted by Crippen LogP contribution is -2.25. The molecule has 0 aliphatic carbocycles. The van der Waals surface area contributed by atoms with Crippen molar-refractivity contribution in [1.82, 2.24) is 19.8 Å². The fraction of sp³-hybridized carbons (Fsp3) is 0.211. The molecule has 0 saturated carbocycles. The maximum absolute atomic E-state index is 6.13. The van der Waals surface area contributed by atoms with Gasteiger partial charge in [-0.15, -0.1) is 22.0 Å². The summed E-state index contributed by atoms with van der Waals surface area (Å²) in [6, 6.07) is 17.6. The van der Waals surface area contributed by atoms with Crippen LogP contribution >= 0.6 is 34.7 Å². The minimum Gasteiger partial charge on any atom is -0.481 e. The standard InChI is InChI=1S/C19H17ClN4OS2/c1-19(2,25-14-10-8-13(20)9-11-14)17-23-24-16(21-22-18(24)27-17)12-26-15-6-4-3-5-7-15/h3-11H,12H2,1-2H3. The first-order chi connectivity index (χ1) is 13.0. The molecule has 0 aliphatic rings. The van der Waals surface area contributed by atoms with Gasteiger partial charge in [0, 0.05) is 9.92 Å². The van der Waals surface area contributed by atoms with Crippen molar-refractivity contribution in [2.45, 2.75) is 30.1 Å². The Labute approximate surface area is 170 Å². The Hall–Kier alpha value is -2.09. The van der Waals surface area contributed by atoms with Gasteiger partial charge in [0.15, 0.2) is 16.4 Å². The van der Waals surface area contributed by atoms with Gasteiger partial charge in [0.2, 0.25) is 4.96 Å². The van der Waals surface area contributed by atoms with Gasteiger partial charge in [0.25, 0.3) is 0 Å². The number of nitrogens with zero attached hydrogens (tertiary/aromatic N) is 4. The molecule has 0 amide bonds. The minimum atomic E-state index is -0.594. The highest BCUT2D eigenvalue weighted by molar-refractivity contribution is 7.98. The van der Waals surface area contributed by atoms with Crippen LogP contribution in [0.3, 0.4) is 0 Å². The number of halogens is 1. The monoisotopic (exact) mass is 416 g/mol. The maximum Gasteiger partial charge on any atom is 0.234 e. The predicted octanol–water partition coefficient (Wildman–Crippen LogP) is 5.45. The fourth-order valence-electron chi connectivity index (χ4n) is 2.50. The summed E-state index contributed by atoms with van der Waals surface area (Å²) in [5.74, 6) is 2.27. The van der Waals surface area contributed by atoms with E-state index in [0.29, 0.717) is 10.8 Å². The molecule has 2 aromatic heterocycles. The predicted molar refractivity (Wildman–Crippen MR) is 110 cm³/mol. The van der Waals surface area contributed by atoms with Gasteiger partial charge in [-0.1, -0.05) is 41.1 Å². The number of thioether (sulfide) groups is 1. The molecule has 2 aromatic carbocycles. The van der Waals surface area contributed by atoms with E-state index in [-0.39, 0.29) is 0 Å². The minimum absolute atomic E-state index is 0.594. The van der Waals surface area contributed by atoms with E-state index < -0.39 is 5.60 Å². The lowest BCUT2D eigenvalue weighted by molar-refractivity contribution is 0.107. The van der Waals surface area contributed by atoms with E-state index >= 15 is 0 Å². The van der Waals surface area contributed by atoms with Gasteiger partial charge < -0.3 is 4.74 Å². The van der Waals surface area contributed by atoms with E-state index in [4.69, 9.17) is 21.4 Å². The zero-order valence-corrected chi connectivity index (χ0v) is 17.2. The molecule has 4 aromatic rings. The van der Waals surface area contributed by atoms with Crippen molar-refractivity contribution in [1.29, 1.82) is 0 Å². The second kappa shape index (κ2) is 7.50. The topological polar surface area (TPSA) is 52.3 Å². The smallest absolute Gasteiger partial charge is 0.234 e. The molecular formula is C19H17ClN4OS2. The first kappa shape index (κ1) is 18.3. The second-order valence-corrected chi connectivity index (χ2v) is 8.83. The molecule has 0 spiro atoms. The van der Waals surface area contributed by atoms with Crippen LogP contribution in [0.4, 0.5) is 0 Å². The van der Waals surface area contributed by atoms with Gasteiger partial charge in [-0.05, 0) is 50.2 Å². The zero-order valence-electron chi connectivity index (χ0n) is 14.8. The first-order valence-corrected chi connectivity index (χ1v) is 10.5. The number of hydrogen-bond donors (Lipinski definition) is 0. The Morgan fingerprint density at radius 3 is 2.56 bits per heavy atom. The lowest BCUT2D eigenvalue weighted by atomic mass is 10.1. The van der Waals surface area contributed by atoms with Gasteiger partial charge in [0.1, 0.15) is 5.75 Å². The summed E-state index contributed by atoms with van der Waals surface area (Å²) < 4.78 is 7.94. The zero-order chi connectivity index (χ0) is 18.9. The third-order valence-corrected chi connectivity index (χ3v) is 6.33. The highest BCUT2D eigenvalue weighted by Gasteiger charge is 2.29. The summed E-state index contributed by atoms with van der Waals surface area (Å²) in [6.45, 7) is 3.98. The Morgan fingerprint density at radius 2 is 1.81 bits per heavy atom. The number of aromatic nitrogens is 4. The van der Waals surface area contributed by atoms with Gasteiger partial charge >= 0.3 is 0 Å². The van der Waals surface area contributed by atoms with E-state index in [1.165, 1.54) is 16.2 Å². The number of benzene rings is 2. The molecule has 5 nitrogen and oxygen atoms in total. The molecule has 2 heterocycles. The third kappa shape index (κ3) is 4.10. The van der Waals surface area contributed by atoms with Gasteiger partial charge in [-0.2, -0.15) is 9.61 Å². The van der Waals surface area contributed by atoms with E-state index in [2.05, 4.69) is 22.3 Å². The quantitative estimate of drug-likeness (QED) is 0.391. The maximum atomic E-state index is 6.13. The molecule has 0 bridgehead atoms. The normalized spacial score (nSPS) is 11.8. The molecule has 27 heavy (non-hydrogen) atoms. The molecule has 0 aliphatic heterocycles. The fourth-order valence-corrected chi connectivity index (χ4v) is 4.34. The van der Waals surface area contributed by atoms with Gasteiger partial charge in [-0.25, -0.2) is 0 Å². The summed E-state index contributed by atoms with van der Waals surface area (Å²) in [4.78, 5) is 1.96. The van der Waals surface area contributed by atoms with Crippen LogP contribution in [0.15, 0.2) is 59.5 Å². The SMILES string of the molecule is CC(C)(Oc1ccc(Cl)cc1)c1nn2c(CSc3ccccc3)nnc2s1. The number of fused-ring (bicyclic) bond motifs is 1. The summed E-state index contributed by atoms with van der Waals surface area (Å²) in [7, 11) is 0. The van der Waals surface area contributed by atoms with Crippen molar-refractivity contribution in [2.75, 3.05) is 0 Å². The number of rotatable bonds is 6. The van der Waals surface area contributed by atoms with E-state index in [1.807, 2.05) is 60.8 Å². The highest BCUT2D eigenvalue weighted by atomic mass is 35.5. The van der Waals surface area contributed by atoms with Crippen molar-refractivity contribution < 1.29 is 4.74 Å². The first-order valence-electron chi connectivity index (χ1n) is 8.35. The molecule has 138 valence electrons. The van der Waals surface area contributed by atoms with Crippen LogP contribution in [0.1, 0.15) is 24.7 Å². The third-order valence-electron chi connectivity index (χ3n) is 3.87. The van der Waals surface area contributed by atoms with Crippen molar-refractivity contribution in [3.63, 3.8) is 0 Å². The number of ether oxygens (including phenoxy) is 1. The Bertz CT molecular complexity index is 1040. The van der Waals surface area contributed by atoms with Crippen LogP contribution in [0.2, 0.25) is 5.02 Å². The second-order valence-electron chi connectivity index (χ2n) is 6.39. The van der Waals surface area contributed by atoms with Crippen molar-refractivity contribution >= 4 is 39.7 Å². The Kier molecular flexibility index (Phi) is 5.08. The van der Waals surface area contributed by atoms with Crippen LogP contribution in [0.25, 0.3) is 4.96 Å². The molecular weight excluding hydrogens is 400 g/mol. The Balaban J connectivity index is 1.54. The average molecular weight is 417 g/mol. The van der Waals surface area contributed by atoms with Crippen LogP contribution in [-0.2, 0) is 11.4 Å². The van der Waals surface area contributed by atoms with Gasteiger partial charge in [0.05, 0.1) is 5.75 Å². The molecule has 0 unspecified atom stereocenters. The van der Waals surface area contributed by atoms with Crippen molar-refractivity contribution in [3.8, 4) is 5.75 Å². The summed E-state index contributed by atoms with van der Waals surface area (Å²) >= 11 is 9.14. The Morgan fingerprint density at radius 1 is 1.07 bits per heavy atom. The summed E-state index contributed by atoms with van der Waals surface area (Å²) in [5, 5.41) is 14.8. The molecule has 0 atom stereocenters. The van der Waals surface area contributed by atoms with Crippen LogP contribution < -0.4 is 4.74 Å². The van der Waals surface area contributed by atoms with Gasteiger partial charge in [-0.3, -0.25) is 0 Å². The lowest BCUT2D eigenvalue weighted by Gasteiger charge is -2.23. The summed E-state index contributed by atoms with van der Waals surface area (Å²) in [5.41, 5.74) is -0.594. The highest BCUT2D eigenvalue weighted by Crippen LogP contribution is 2.32. The molecule has 0 fully saturated rings. The average Bonchev–Trinajstić information content (AvgIpc) is 3.24. The molecule has 0 radical (unpaired) electrons. The van der Waals surface area contributed by atoms with Crippen molar-refractivity contribution in [3.05, 3.63) is 70.5 Å². The molecule has 0 N–H and O–H groups in total. The molecule has 4 rings (SSSR count). The largest absolute Gasteiger partial charge is 0.481 e. The molecule has 8 heteroatoms. The van der Waals surface area contributed by atoms with E-state index in [0.717, 1.165) is 21.5 Å². The summed E-state index contributed by atoms with van der Waals surface area (Å²) in [6.07, 6.45) is 0. The van der Waals surface area contributed by atoms with Crippen LogP contribution in [0.5, 0.6) is 5.75 Å². The van der Waals surface area contributed by atoms with Crippen LogP contribution in [-0.4, -0.2) is 19.8 Å². The van der Waals surface area contributed by atoms with Crippen LogP contribution in [0, 0.1) is 0 Å².